The molecule has 0 saturated carbocycles. The maximum Gasteiger partial charge on any atom is 0.119 e. The lowest BCUT2D eigenvalue weighted by Gasteiger charge is -2.21. The number of hydrogen-bond donors (Lipinski definition) is 1. The minimum absolute atomic E-state index is 0.174. The fourth-order valence-electron chi connectivity index (χ4n) is 2.02. The predicted molar refractivity (Wildman–Crippen MR) is 83.0 cm³/mol. The summed E-state index contributed by atoms with van der Waals surface area (Å²) in [4.78, 5) is 0. The Kier molecular flexibility index (Phi) is 6.36. The molecule has 0 aliphatic heterocycles. The fourth-order valence-corrected chi connectivity index (χ4v) is 2.02. The van der Waals surface area contributed by atoms with Gasteiger partial charge in [-0.05, 0) is 56.0 Å². The van der Waals surface area contributed by atoms with Crippen molar-refractivity contribution >= 4 is 0 Å². The van der Waals surface area contributed by atoms with Crippen molar-refractivity contribution in [3.05, 3.63) is 29.8 Å². The van der Waals surface area contributed by atoms with Crippen molar-refractivity contribution in [2.75, 3.05) is 13.1 Å². The van der Waals surface area contributed by atoms with Gasteiger partial charge in [0.15, 0.2) is 0 Å². The topological polar surface area (TPSA) is 21.3 Å². The lowest BCUT2D eigenvalue weighted by atomic mass is 9.87. The molecule has 1 N–H and O–H groups in total. The molecular formula is C17H29NO. The van der Waals surface area contributed by atoms with Crippen molar-refractivity contribution in [3.63, 3.8) is 0 Å². The molecule has 1 rings (SSSR count). The molecule has 2 nitrogen and oxygen atoms in total. The van der Waals surface area contributed by atoms with Gasteiger partial charge in [-0.3, -0.25) is 0 Å². The number of ether oxygens (including phenoxy) is 1. The van der Waals surface area contributed by atoms with Gasteiger partial charge in [-0.1, -0.05) is 39.8 Å². The van der Waals surface area contributed by atoms with E-state index in [1.54, 1.807) is 0 Å². The highest BCUT2D eigenvalue weighted by Gasteiger charge is 2.14. The molecular weight excluding hydrogens is 234 g/mol. The van der Waals surface area contributed by atoms with Crippen molar-refractivity contribution in [2.24, 2.45) is 0 Å². The number of hydrogen-bond acceptors (Lipinski definition) is 2. The minimum Gasteiger partial charge on any atom is -0.491 e. The van der Waals surface area contributed by atoms with Crippen LogP contribution in [0.25, 0.3) is 0 Å². The molecule has 0 aliphatic rings. The van der Waals surface area contributed by atoms with Gasteiger partial charge < -0.3 is 10.1 Å². The molecule has 108 valence electrons. The van der Waals surface area contributed by atoms with Crippen molar-refractivity contribution in [2.45, 2.75) is 59.0 Å². The van der Waals surface area contributed by atoms with Crippen LogP contribution in [0, 0.1) is 0 Å². The Morgan fingerprint density at radius 3 is 2.63 bits per heavy atom. The summed E-state index contributed by atoms with van der Waals surface area (Å²) >= 11 is 0. The van der Waals surface area contributed by atoms with E-state index in [4.69, 9.17) is 4.74 Å². The maximum absolute atomic E-state index is 6.00. The van der Waals surface area contributed by atoms with Gasteiger partial charge in [0.25, 0.3) is 0 Å². The predicted octanol–water partition coefficient (Wildman–Crippen LogP) is 4.14. The van der Waals surface area contributed by atoms with Crippen LogP contribution in [0.5, 0.6) is 5.75 Å². The van der Waals surface area contributed by atoms with Crippen molar-refractivity contribution in [1.82, 2.24) is 5.32 Å². The quantitative estimate of drug-likeness (QED) is 0.746. The zero-order valence-corrected chi connectivity index (χ0v) is 13.1. The Balaban J connectivity index is 2.48. The van der Waals surface area contributed by atoms with Crippen LogP contribution >= 0.6 is 0 Å². The van der Waals surface area contributed by atoms with Crippen molar-refractivity contribution < 1.29 is 4.74 Å². The number of benzene rings is 1. The van der Waals surface area contributed by atoms with Gasteiger partial charge in [-0.2, -0.15) is 0 Å². The number of nitrogens with one attached hydrogen (secondary N) is 1. The van der Waals surface area contributed by atoms with Crippen molar-refractivity contribution in [3.8, 4) is 5.75 Å². The molecule has 0 aromatic heterocycles. The van der Waals surface area contributed by atoms with E-state index < -0.39 is 0 Å². The molecule has 0 spiro atoms. The van der Waals surface area contributed by atoms with E-state index in [1.807, 2.05) is 0 Å². The van der Waals surface area contributed by atoms with Crippen LogP contribution in [0.4, 0.5) is 0 Å². The molecule has 0 bridgehead atoms. The molecule has 0 amide bonds. The Labute approximate surface area is 118 Å². The summed E-state index contributed by atoms with van der Waals surface area (Å²) in [5.74, 6) is 0.989. The van der Waals surface area contributed by atoms with Gasteiger partial charge in [0, 0.05) is 0 Å². The first kappa shape index (κ1) is 16.0. The average molecular weight is 263 g/mol. The second kappa shape index (κ2) is 7.54. The third kappa shape index (κ3) is 6.11. The Morgan fingerprint density at radius 1 is 1.26 bits per heavy atom. The molecule has 0 heterocycles. The zero-order valence-electron chi connectivity index (χ0n) is 13.1. The highest BCUT2D eigenvalue weighted by molar-refractivity contribution is 5.32. The largest absolute Gasteiger partial charge is 0.491 e. The van der Waals surface area contributed by atoms with Crippen LogP contribution in [-0.4, -0.2) is 19.2 Å². The number of rotatable bonds is 7. The van der Waals surface area contributed by atoms with E-state index in [-0.39, 0.29) is 11.5 Å². The summed E-state index contributed by atoms with van der Waals surface area (Å²) in [6, 6.07) is 8.47. The molecule has 1 aromatic carbocycles. The van der Waals surface area contributed by atoms with Gasteiger partial charge in [-0.15, -0.1) is 0 Å². The van der Waals surface area contributed by atoms with Crippen LogP contribution in [0.2, 0.25) is 0 Å². The first-order chi connectivity index (χ1) is 8.93. The van der Waals surface area contributed by atoms with Gasteiger partial charge >= 0.3 is 0 Å². The Hall–Kier alpha value is -1.02. The smallest absolute Gasteiger partial charge is 0.119 e. The lowest BCUT2D eigenvalue weighted by molar-refractivity contribution is 0.207. The molecule has 0 radical (unpaired) electrons. The zero-order chi connectivity index (χ0) is 14.3. The normalized spacial score (nSPS) is 13.3. The monoisotopic (exact) mass is 263 g/mol. The van der Waals surface area contributed by atoms with Crippen LogP contribution < -0.4 is 10.1 Å². The maximum atomic E-state index is 6.00. The van der Waals surface area contributed by atoms with Gasteiger partial charge in [-0.25, -0.2) is 0 Å². The standard InChI is InChI=1S/C17H29NO/c1-6-18-12-8-9-14(2)19-16-11-7-10-15(13-16)17(3,4)5/h7,10-11,13-14,18H,6,8-9,12H2,1-5H3. The average Bonchev–Trinajstić information content (AvgIpc) is 2.34. The van der Waals surface area contributed by atoms with E-state index in [0.717, 1.165) is 31.7 Å². The fraction of sp³-hybridized carbons (Fsp3) is 0.647. The third-order valence-electron chi connectivity index (χ3n) is 3.25. The summed E-state index contributed by atoms with van der Waals surface area (Å²) in [5, 5.41) is 3.34. The molecule has 0 saturated heterocycles. The van der Waals surface area contributed by atoms with E-state index in [1.165, 1.54) is 5.56 Å². The highest BCUT2D eigenvalue weighted by Crippen LogP contribution is 2.26. The first-order valence-electron chi connectivity index (χ1n) is 7.41. The van der Waals surface area contributed by atoms with E-state index in [0.29, 0.717) is 0 Å². The summed E-state index contributed by atoms with van der Waals surface area (Å²) in [6.45, 7) is 13.1. The van der Waals surface area contributed by atoms with Gasteiger partial charge in [0.05, 0.1) is 6.10 Å². The van der Waals surface area contributed by atoms with Crippen LogP contribution in [0.1, 0.15) is 53.0 Å². The highest BCUT2D eigenvalue weighted by atomic mass is 16.5. The SMILES string of the molecule is CCNCCCC(C)Oc1cccc(C(C)(C)C)c1. The van der Waals surface area contributed by atoms with Crippen LogP contribution in [-0.2, 0) is 5.41 Å². The van der Waals surface area contributed by atoms with Crippen LogP contribution in [0.3, 0.4) is 0 Å². The molecule has 2 heteroatoms. The van der Waals surface area contributed by atoms with Gasteiger partial charge in [0.1, 0.15) is 5.75 Å². The molecule has 0 aliphatic carbocycles. The molecule has 19 heavy (non-hydrogen) atoms. The minimum atomic E-state index is 0.174. The lowest BCUT2D eigenvalue weighted by Crippen LogP contribution is -2.18. The first-order valence-corrected chi connectivity index (χ1v) is 7.41. The molecule has 1 unspecified atom stereocenters. The Morgan fingerprint density at radius 2 is 2.00 bits per heavy atom. The third-order valence-corrected chi connectivity index (χ3v) is 3.25. The Bertz CT molecular complexity index is 368. The summed E-state index contributed by atoms with van der Waals surface area (Å²) in [6.07, 6.45) is 2.52. The second-order valence-electron chi connectivity index (χ2n) is 6.20. The van der Waals surface area contributed by atoms with E-state index >= 15 is 0 Å². The molecule has 1 atom stereocenters. The summed E-state index contributed by atoms with van der Waals surface area (Å²) < 4.78 is 6.00. The van der Waals surface area contributed by atoms with Crippen molar-refractivity contribution in [1.29, 1.82) is 0 Å². The van der Waals surface area contributed by atoms with E-state index in [9.17, 15) is 0 Å². The second-order valence-corrected chi connectivity index (χ2v) is 6.20. The molecule has 1 aromatic rings. The summed E-state index contributed by atoms with van der Waals surface area (Å²) in [5.41, 5.74) is 1.50. The van der Waals surface area contributed by atoms with E-state index in [2.05, 4.69) is 64.2 Å². The van der Waals surface area contributed by atoms with Crippen LogP contribution in [0.15, 0.2) is 24.3 Å². The molecule has 0 fully saturated rings. The summed E-state index contributed by atoms with van der Waals surface area (Å²) in [7, 11) is 0. The van der Waals surface area contributed by atoms with Gasteiger partial charge in [0.2, 0.25) is 0 Å².